The van der Waals surface area contributed by atoms with E-state index in [1.54, 1.807) is 6.92 Å². The molecule has 1 aliphatic heterocycles. The number of carbonyl (C=O) groups is 1. The Bertz CT molecular complexity index is 841. The van der Waals surface area contributed by atoms with Gasteiger partial charge < -0.3 is 14.1 Å². The lowest BCUT2D eigenvalue weighted by Crippen LogP contribution is -2.40. The molecule has 0 aliphatic carbocycles. The maximum absolute atomic E-state index is 11.4. The minimum absolute atomic E-state index is 0.147. The van der Waals surface area contributed by atoms with Crippen LogP contribution in [0.1, 0.15) is 19.8 Å². The maximum atomic E-state index is 11.4. The smallest absolute Gasteiger partial charge is 0.219 e. The highest BCUT2D eigenvalue weighted by Gasteiger charge is 2.21. The number of carbonyl (C=O) groups excluding carboxylic acids is 1. The minimum Gasteiger partial charge on any atom is -0.490 e. The molecule has 0 bridgehead atoms. The lowest BCUT2D eigenvalue weighted by Gasteiger charge is -2.31. The van der Waals surface area contributed by atoms with Crippen LogP contribution < -0.4 is 4.74 Å². The molecule has 3 aromatic rings. The first-order valence-electron chi connectivity index (χ1n) is 8.70. The van der Waals surface area contributed by atoms with E-state index in [9.17, 15) is 4.79 Å². The van der Waals surface area contributed by atoms with E-state index < -0.39 is 0 Å². The van der Waals surface area contributed by atoms with E-state index in [1.807, 2.05) is 53.4 Å². The zero-order valence-electron chi connectivity index (χ0n) is 14.3. The summed E-state index contributed by atoms with van der Waals surface area (Å²) in [5.74, 6) is 1.87. The number of benzene rings is 2. The third kappa shape index (κ3) is 3.38. The molecule has 0 spiro atoms. The molecule has 25 heavy (non-hydrogen) atoms. The van der Waals surface area contributed by atoms with Crippen LogP contribution >= 0.6 is 0 Å². The quantitative estimate of drug-likeness (QED) is 0.708. The zero-order chi connectivity index (χ0) is 17.2. The normalized spacial score (nSPS) is 15.5. The van der Waals surface area contributed by atoms with Gasteiger partial charge in [-0.2, -0.15) is 0 Å². The van der Waals surface area contributed by atoms with Crippen LogP contribution in [0, 0.1) is 0 Å². The van der Waals surface area contributed by atoms with Gasteiger partial charge in [0.2, 0.25) is 5.91 Å². The Kier molecular flexibility index (Phi) is 4.18. The molecule has 4 nitrogen and oxygen atoms in total. The Labute approximate surface area is 147 Å². The lowest BCUT2D eigenvalue weighted by atomic mass is 10.1. The first-order valence-corrected chi connectivity index (χ1v) is 8.70. The molecule has 0 unspecified atom stereocenters. The van der Waals surface area contributed by atoms with Crippen molar-refractivity contribution in [3.05, 3.63) is 54.6 Å². The number of piperidine rings is 1. The fourth-order valence-corrected chi connectivity index (χ4v) is 3.30. The van der Waals surface area contributed by atoms with Crippen LogP contribution in [0.3, 0.4) is 0 Å². The first-order chi connectivity index (χ1) is 12.2. The van der Waals surface area contributed by atoms with Crippen molar-refractivity contribution >= 4 is 16.9 Å². The summed E-state index contributed by atoms with van der Waals surface area (Å²) in [7, 11) is 0. The van der Waals surface area contributed by atoms with Crippen LogP contribution in [-0.2, 0) is 4.79 Å². The van der Waals surface area contributed by atoms with Gasteiger partial charge in [0, 0.05) is 43.8 Å². The van der Waals surface area contributed by atoms with E-state index in [4.69, 9.17) is 9.15 Å². The summed E-state index contributed by atoms with van der Waals surface area (Å²) in [6.07, 6.45) is 1.93. The van der Waals surface area contributed by atoms with Gasteiger partial charge in [0.25, 0.3) is 0 Å². The summed E-state index contributed by atoms with van der Waals surface area (Å²) in [5, 5.41) is 1.11. The largest absolute Gasteiger partial charge is 0.490 e. The van der Waals surface area contributed by atoms with Crippen LogP contribution in [0.15, 0.2) is 59.0 Å². The molecule has 2 heterocycles. The molecule has 4 rings (SSSR count). The third-order valence-corrected chi connectivity index (χ3v) is 4.75. The number of para-hydroxylation sites is 1. The maximum Gasteiger partial charge on any atom is 0.219 e. The SMILES string of the molecule is CC(=O)N1CCC(Oc2ccc(-c3cc4ccccc4o3)cc2)CC1. The summed E-state index contributed by atoms with van der Waals surface area (Å²) >= 11 is 0. The van der Waals surface area contributed by atoms with Crippen LogP contribution in [0.25, 0.3) is 22.3 Å². The highest BCUT2D eigenvalue weighted by molar-refractivity contribution is 5.82. The van der Waals surface area contributed by atoms with Gasteiger partial charge in [-0.15, -0.1) is 0 Å². The molecule has 1 aromatic heterocycles. The Balaban J connectivity index is 1.43. The molecule has 1 fully saturated rings. The molecule has 4 heteroatoms. The molecule has 0 atom stereocenters. The average Bonchev–Trinajstić information content (AvgIpc) is 3.07. The molecule has 0 saturated carbocycles. The van der Waals surface area contributed by atoms with Crippen molar-refractivity contribution in [2.24, 2.45) is 0 Å². The third-order valence-electron chi connectivity index (χ3n) is 4.75. The van der Waals surface area contributed by atoms with Crippen LogP contribution in [0.5, 0.6) is 5.75 Å². The Morgan fingerprint density at radius 2 is 1.80 bits per heavy atom. The van der Waals surface area contributed by atoms with Crippen molar-refractivity contribution in [3.63, 3.8) is 0 Å². The van der Waals surface area contributed by atoms with Gasteiger partial charge in [-0.1, -0.05) is 18.2 Å². The number of furan rings is 1. The molecule has 1 saturated heterocycles. The van der Waals surface area contributed by atoms with Crippen LogP contribution in [0.4, 0.5) is 0 Å². The molecule has 0 N–H and O–H groups in total. The van der Waals surface area contributed by atoms with E-state index >= 15 is 0 Å². The lowest BCUT2D eigenvalue weighted by molar-refractivity contribution is -0.130. The molecule has 0 radical (unpaired) electrons. The monoisotopic (exact) mass is 335 g/mol. The second-order valence-electron chi connectivity index (χ2n) is 6.50. The van der Waals surface area contributed by atoms with Crippen molar-refractivity contribution in [2.75, 3.05) is 13.1 Å². The number of fused-ring (bicyclic) bond motifs is 1. The fraction of sp³-hybridized carbons (Fsp3) is 0.286. The van der Waals surface area contributed by atoms with Crippen molar-refractivity contribution in [2.45, 2.75) is 25.9 Å². The number of hydrogen-bond acceptors (Lipinski definition) is 3. The number of likely N-dealkylation sites (tertiary alicyclic amines) is 1. The molecule has 1 amide bonds. The second kappa shape index (κ2) is 6.63. The zero-order valence-corrected chi connectivity index (χ0v) is 14.3. The van der Waals surface area contributed by atoms with E-state index in [-0.39, 0.29) is 12.0 Å². The van der Waals surface area contributed by atoms with E-state index in [2.05, 4.69) is 6.07 Å². The topological polar surface area (TPSA) is 42.7 Å². The Morgan fingerprint density at radius 3 is 2.48 bits per heavy atom. The number of amides is 1. The van der Waals surface area contributed by atoms with Gasteiger partial charge in [-0.05, 0) is 36.4 Å². The highest BCUT2D eigenvalue weighted by atomic mass is 16.5. The average molecular weight is 335 g/mol. The van der Waals surface area contributed by atoms with Gasteiger partial charge >= 0.3 is 0 Å². The number of hydrogen-bond donors (Lipinski definition) is 0. The van der Waals surface area contributed by atoms with Crippen LogP contribution in [-0.4, -0.2) is 30.0 Å². The molecule has 128 valence electrons. The van der Waals surface area contributed by atoms with Gasteiger partial charge in [0.15, 0.2) is 0 Å². The Morgan fingerprint density at radius 1 is 1.08 bits per heavy atom. The van der Waals surface area contributed by atoms with Gasteiger partial charge in [-0.3, -0.25) is 4.79 Å². The predicted molar refractivity (Wildman–Crippen MR) is 97.6 cm³/mol. The summed E-state index contributed by atoms with van der Waals surface area (Å²) in [6.45, 7) is 3.17. The number of nitrogens with zero attached hydrogens (tertiary/aromatic N) is 1. The summed E-state index contributed by atoms with van der Waals surface area (Å²) in [4.78, 5) is 13.3. The van der Waals surface area contributed by atoms with E-state index in [0.717, 1.165) is 54.0 Å². The van der Waals surface area contributed by atoms with Gasteiger partial charge in [-0.25, -0.2) is 0 Å². The fourth-order valence-electron chi connectivity index (χ4n) is 3.30. The van der Waals surface area contributed by atoms with Crippen molar-refractivity contribution in [3.8, 4) is 17.1 Å². The Hall–Kier alpha value is -2.75. The number of rotatable bonds is 3. The highest BCUT2D eigenvalue weighted by Crippen LogP contribution is 2.29. The summed E-state index contributed by atoms with van der Waals surface area (Å²) in [6, 6.07) is 18.1. The first kappa shape index (κ1) is 15.8. The molecule has 2 aromatic carbocycles. The second-order valence-corrected chi connectivity index (χ2v) is 6.50. The molecular weight excluding hydrogens is 314 g/mol. The van der Waals surface area contributed by atoms with Gasteiger partial charge in [0.1, 0.15) is 23.2 Å². The van der Waals surface area contributed by atoms with E-state index in [0.29, 0.717) is 0 Å². The molecular formula is C21H21NO3. The standard InChI is InChI=1S/C21H21NO3/c1-15(23)22-12-10-19(11-13-22)24-18-8-6-16(7-9-18)21-14-17-4-2-3-5-20(17)25-21/h2-9,14,19H,10-13H2,1H3. The van der Waals surface area contributed by atoms with Gasteiger partial charge in [0.05, 0.1) is 0 Å². The minimum atomic E-state index is 0.147. The van der Waals surface area contributed by atoms with Crippen molar-refractivity contribution < 1.29 is 13.9 Å². The van der Waals surface area contributed by atoms with E-state index in [1.165, 1.54) is 0 Å². The summed E-state index contributed by atoms with van der Waals surface area (Å²) < 4.78 is 12.0. The number of ether oxygens (including phenoxy) is 1. The van der Waals surface area contributed by atoms with Crippen molar-refractivity contribution in [1.82, 2.24) is 4.90 Å². The molecule has 1 aliphatic rings. The predicted octanol–water partition coefficient (Wildman–Crippen LogP) is 4.49. The van der Waals surface area contributed by atoms with Crippen LogP contribution in [0.2, 0.25) is 0 Å². The summed E-state index contributed by atoms with van der Waals surface area (Å²) in [5.41, 5.74) is 1.94. The van der Waals surface area contributed by atoms with Crippen molar-refractivity contribution in [1.29, 1.82) is 0 Å².